The molecule has 0 aliphatic carbocycles. The van der Waals surface area contributed by atoms with Gasteiger partial charge in [0.1, 0.15) is 0 Å². The number of rotatable bonds is 8. The van der Waals surface area contributed by atoms with Gasteiger partial charge < -0.3 is 10.6 Å². The molecule has 23 heavy (non-hydrogen) atoms. The van der Waals surface area contributed by atoms with Crippen LogP contribution in [-0.2, 0) is 4.79 Å². The monoisotopic (exact) mass is 350 g/mol. The molecule has 122 valence electrons. The molecule has 0 aliphatic rings. The molecule has 0 radical (unpaired) electrons. The second kappa shape index (κ2) is 8.80. The van der Waals surface area contributed by atoms with Crippen LogP contribution < -0.4 is 10.6 Å². The Labute approximate surface area is 147 Å². The topological polar surface area (TPSA) is 46.3 Å². The van der Waals surface area contributed by atoms with Crippen molar-refractivity contribution in [2.75, 3.05) is 29.7 Å². The van der Waals surface area contributed by atoms with Crippen molar-refractivity contribution in [3.05, 3.63) is 65.7 Å². The molecule has 0 fully saturated rings. The highest BCUT2D eigenvalue weighted by Crippen LogP contribution is 2.26. The SMILES string of the molecule is NC(=O)[C@H](c1ccccc1)c1ccc(N(CCCl)CCCl)cc1. The van der Waals surface area contributed by atoms with E-state index in [9.17, 15) is 4.79 Å². The number of amides is 1. The van der Waals surface area contributed by atoms with Crippen molar-refractivity contribution < 1.29 is 4.79 Å². The third kappa shape index (κ3) is 4.63. The van der Waals surface area contributed by atoms with Crippen LogP contribution in [0.25, 0.3) is 0 Å². The number of nitrogens with two attached hydrogens (primary N) is 1. The molecule has 0 aromatic heterocycles. The van der Waals surface area contributed by atoms with Crippen LogP contribution in [0.2, 0.25) is 0 Å². The molecule has 2 rings (SSSR count). The summed E-state index contributed by atoms with van der Waals surface area (Å²) in [6, 6.07) is 17.4. The molecular formula is C18H20Cl2N2O. The lowest BCUT2D eigenvalue weighted by Gasteiger charge is -2.23. The van der Waals surface area contributed by atoms with Crippen LogP contribution in [0.1, 0.15) is 17.0 Å². The number of hydrogen-bond acceptors (Lipinski definition) is 2. The van der Waals surface area contributed by atoms with Crippen LogP contribution >= 0.6 is 23.2 Å². The molecule has 2 aromatic rings. The normalized spacial score (nSPS) is 11.9. The average molecular weight is 351 g/mol. The van der Waals surface area contributed by atoms with Crippen molar-refractivity contribution in [3.8, 4) is 0 Å². The maximum atomic E-state index is 11.9. The van der Waals surface area contributed by atoms with Crippen molar-refractivity contribution in [3.63, 3.8) is 0 Å². The predicted molar refractivity (Wildman–Crippen MR) is 97.6 cm³/mol. The molecule has 2 N–H and O–H groups in total. The second-order valence-electron chi connectivity index (χ2n) is 5.20. The molecule has 0 aliphatic heterocycles. The highest BCUT2D eigenvalue weighted by Gasteiger charge is 2.20. The maximum Gasteiger partial charge on any atom is 0.229 e. The van der Waals surface area contributed by atoms with Gasteiger partial charge in [-0.25, -0.2) is 0 Å². The number of anilines is 1. The maximum absolute atomic E-state index is 11.9. The fourth-order valence-corrected chi connectivity index (χ4v) is 3.03. The van der Waals surface area contributed by atoms with Gasteiger partial charge in [-0.3, -0.25) is 4.79 Å². The van der Waals surface area contributed by atoms with Gasteiger partial charge in [-0.15, -0.1) is 23.2 Å². The van der Waals surface area contributed by atoms with Crippen molar-refractivity contribution in [1.29, 1.82) is 0 Å². The van der Waals surface area contributed by atoms with Gasteiger partial charge in [-0.05, 0) is 23.3 Å². The molecule has 0 saturated carbocycles. The molecule has 1 atom stereocenters. The summed E-state index contributed by atoms with van der Waals surface area (Å²) in [6.07, 6.45) is 0. The zero-order chi connectivity index (χ0) is 16.7. The lowest BCUT2D eigenvalue weighted by Crippen LogP contribution is -2.27. The quantitative estimate of drug-likeness (QED) is 0.739. The highest BCUT2D eigenvalue weighted by atomic mass is 35.5. The minimum atomic E-state index is -0.445. The lowest BCUT2D eigenvalue weighted by molar-refractivity contribution is -0.118. The summed E-state index contributed by atoms with van der Waals surface area (Å²) in [5, 5.41) is 0. The second-order valence-corrected chi connectivity index (χ2v) is 5.96. The van der Waals surface area contributed by atoms with E-state index in [0.29, 0.717) is 11.8 Å². The summed E-state index contributed by atoms with van der Waals surface area (Å²) >= 11 is 11.7. The molecule has 3 nitrogen and oxygen atoms in total. The molecule has 0 spiro atoms. The lowest BCUT2D eigenvalue weighted by atomic mass is 9.90. The summed E-state index contributed by atoms with van der Waals surface area (Å²) in [7, 11) is 0. The smallest absolute Gasteiger partial charge is 0.229 e. The van der Waals surface area contributed by atoms with Crippen LogP contribution in [0.15, 0.2) is 54.6 Å². The van der Waals surface area contributed by atoms with E-state index in [0.717, 1.165) is 29.9 Å². The minimum absolute atomic E-state index is 0.359. The molecule has 5 heteroatoms. The summed E-state index contributed by atoms with van der Waals surface area (Å²) in [5.74, 6) is 0.265. The van der Waals surface area contributed by atoms with Gasteiger partial charge in [0.25, 0.3) is 0 Å². The number of halogens is 2. The summed E-state index contributed by atoms with van der Waals surface area (Å²) in [5.41, 5.74) is 8.42. The third-order valence-corrected chi connectivity index (χ3v) is 4.06. The van der Waals surface area contributed by atoms with Crippen molar-refractivity contribution >= 4 is 34.8 Å². The Balaban J connectivity index is 2.27. The fraction of sp³-hybridized carbons (Fsp3) is 0.278. The summed E-state index contributed by atoms with van der Waals surface area (Å²) in [4.78, 5) is 14.0. The third-order valence-electron chi connectivity index (χ3n) is 3.72. The van der Waals surface area contributed by atoms with Crippen LogP contribution in [-0.4, -0.2) is 30.8 Å². The first-order chi connectivity index (χ1) is 11.2. The Morgan fingerprint density at radius 2 is 1.43 bits per heavy atom. The molecule has 2 aromatic carbocycles. The first-order valence-corrected chi connectivity index (χ1v) is 8.55. The van der Waals surface area contributed by atoms with E-state index >= 15 is 0 Å². The number of nitrogens with zero attached hydrogens (tertiary/aromatic N) is 1. The number of carbonyl (C=O) groups is 1. The Bertz CT molecular complexity index is 611. The van der Waals surface area contributed by atoms with Crippen molar-refractivity contribution in [2.24, 2.45) is 5.73 Å². The Kier molecular flexibility index (Phi) is 6.75. The zero-order valence-electron chi connectivity index (χ0n) is 12.8. The Morgan fingerprint density at radius 3 is 1.91 bits per heavy atom. The van der Waals surface area contributed by atoms with Gasteiger partial charge in [0.2, 0.25) is 5.91 Å². The minimum Gasteiger partial charge on any atom is -0.369 e. The van der Waals surface area contributed by atoms with E-state index in [1.807, 2.05) is 54.6 Å². The number of alkyl halides is 2. The Morgan fingerprint density at radius 1 is 0.913 bits per heavy atom. The van der Waals surface area contributed by atoms with Gasteiger partial charge in [-0.2, -0.15) is 0 Å². The standard InChI is InChI=1S/C18H20Cl2N2O/c19-10-12-22(13-11-20)16-8-6-15(7-9-16)17(18(21)23)14-4-2-1-3-5-14/h1-9,17H,10-13H2,(H2,21,23)/t17-/m1/s1. The molecule has 1 amide bonds. The number of carbonyl (C=O) groups excluding carboxylic acids is 1. The number of primary amides is 1. The Hall–Kier alpha value is -1.71. The van der Waals surface area contributed by atoms with E-state index in [-0.39, 0.29) is 5.91 Å². The van der Waals surface area contributed by atoms with Crippen LogP contribution in [0, 0.1) is 0 Å². The van der Waals surface area contributed by atoms with E-state index in [2.05, 4.69) is 4.90 Å². The number of benzene rings is 2. The average Bonchev–Trinajstić information content (AvgIpc) is 2.56. The van der Waals surface area contributed by atoms with E-state index in [1.165, 1.54) is 0 Å². The summed E-state index contributed by atoms with van der Waals surface area (Å²) in [6.45, 7) is 1.46. The van der Waals surface area contributed by atoms with Gasteiger partial charge in [0.05, 0.1) is 5.92 Å². The molecular weight excluding hydrogens is 331 g/mol. The molecule has 0 heterocycles. The van der Waals surface area contributed by atoms with Crippen molar-refractivity contribution in [2.45, 2.75) is 5.92 Å². The van der Waals surface area contributed by atoms with E-state index < -0.39 is 5.92 Å². The van der Waals surface area contributed by atoms with E-state index in [1.54, 1.807) is 0 Å². The summed E-state index contributed by atoms with van der Waals surface area (Å²) < 4.78 is 0. The first-order valence-electron chi connectivity index (χ1n) is 7.48. The molecule has 0 bridgehead atoms. The van der Waals surface area contributed by atoms with Crippen LogP contribution in [0.5, 0.6) is 0 Å². The largest absolute Gasteiger partial charge is 0.369 e. The fourth-order valence-electron chi connectivity index (χ4n) is 2.62. The zero-order valence-corrected chi connectivity index (χ0v) is 14.3. The van der Waals surface area contributed by atoms with Gasteiger partial charge in [0.15, 0.2) is 0 Å². The van der Waals surface area contributed by atoms with Crippen LogP contribution in [0.4, 0.5) is 5.69 Å². The van der Waals surface area contributed by atoms with Crippen LogP contribution in [0.3, 0.4) is 0 Å². The molecule has 0 unspecified atom stereocenters. The highest BCUT2D eigenvalue weighted by molar-refractivity contribution is 6.18. The van der Waals surface area contributed by atoms with Crippen molar-refractivity contribution in [1.82, 2.24) is 0 Å². The number of hydrogen-bond donors (Lipinski definition) is 1. The van der Waals surface area contributed by atoms with Gasteiger partial charge in [0, 0.05) is 30.5 Å². The predicted octanol–water partition coefficient (Wildman–Crippen LogP) is 3.59. The van der Waals surface area contributed by atoms with Gasteiger partial charge in [-0.1, -0.05) is 42.5 Å². The molecule has 0 saturated heterocycles. The van der Waals surface area contributed by atoms with Gasteiger partial charge >= 0.3 is 0 Å². The van der Waals surface area contributed by atoms with E-state index in [4.69, 9.17) is 28.9 Å². The first kappa shape index (κ1) is 17.6.